The van der Waals surface area contributed by atoms with E-state index in [1.54, 1.807) is 0 Å². The molecule has 7 aromatic carbocycles. The topological polar surface area (TPSA) is 44.0 Å². The van der Waals surface area contributed by atoms with Gasteiger partial charge >= 0.3 is 24.7 Å². The fourth-order valence-electron chi connectivity index (χ4n) is 8.91. The van der Waals surface area contributed by atoms with Gasteiger partial charge in [-0.2, -0.15) is 52.7 Å². The minimum Gasteiger partial charge on any atom is -0.343 e. The van der Waals surface area contributed by atoms with Crippen molar-refractivity contribution in [1.82, 2.24) is 9.13 Å². The van der Waals surface area contributed by atoms with Crippen LogP contribution < -0.4 is 10.9 Å². The summed E-state index contributed by atoms with van der Waals surface area (Å²) < 4.78 is 177. The summed E-state index contributed by atoms with van der Waals surface area (Å²) in [6.07, 6.45) is -19.8. The zero-order chi connectivity index (χ0) is 47.4. The van der Waals surface area contributed by atoms with Crippen LogP contribution in [0, 0.1) is 0 Å². The van der Waals surface area contributed by atoms with Gasteiger partial charge in [-0.05, 0) is 105 Å². The number of aromatic nitrogens is 2. The summed E-state index contributed by atoms with van der Waals surface area (Å²) in [5.74, 6) is 0. The van der Waals surface area contributed by atoms with Crippen molar-refractivity contribution < 1.29 is 52.7 Å². The van der Waals surface area contributed by atoms with Gasteiger partial charge in [0.1, 0.15) is 0 Å². The van der Waals surface area contributed by atoms with Crippen LogP contribution in [0.3, 0.4) is 0 Å². The van der Waals surface area contributed by atoms with E-state index in [1.807, 2.05) is 0 Å². The Morgan fingerprint density at radius 3 is 0.909 bits per heavy atom. The lowest BCUT2D eigenvalue weighted by Crippen LogP contribution is -2.16. The summed E-state index contributed by atoms with van der Waals surface area (Å²) in [5.41, 5.74) is -9.65. The van der Waals surface area contributed by atoms with E-state index in [0.717, 1.165) is 84.9 Å². The molecule has 16 heteroatoms. The number of nitrogens with zero attached hydrogens (tertiary/aromatic N) is 2. The third-order valence-electron chi connectivity index (χ3n) is 11.9. The van der Waals surface area contributed by atoms with Crippen molar-refractivity contribution in [1.29, 1.82) is 0 Å². The standard InChI is InChI=1S/C50H28F12N2O2/c1-63-39-23-34-40(64(2)42-22-26(28-12-4-8-16-36(28)48(54,55)56)20-32(44(42)46(34)66)30-14-6-10-18-38(30)50(60,61)62)24-33(39)45(65)43-31(29-13-5-9-17-37(29)49(57,58)59)19-25(21-41(43)63)27-11-3-7-15-35(27)47(51,52)53/h3-24H,1-2H3. The van der Waals surface area contributed by atoms with Gasteiger partial charge < -0.3 is 9.13 Å². The predicted molar refractivity (Wildman–Crippen MR) is 229 cm³/mol. The van der Waals surface area contributed by atoms with E-state index >= 15 is 0 Å². The summed E-state index contributed by atoms with van der Waals surface area (Å²) in [4.78, 5) is 29.9. The normalized spacial score (nSPS) is 12.8. The van der Waals surface area contributed by atoms with Gasteiger partial charge in [0.15, 0.2) is 10.9 Å². The number of alkyl halides is 12. The van der Waals surface area contributed by atoms with Crippen LogP contribution in [0.2, 0.25) is 0 Å². The van der Waals surface area contributed by atoms with Gasteiger partial charge in [-0.3, -0.25) is 9.59 Å². The van der Waals surface area contributed by atoms with Crippen LogP contribution in [0.5, 0.6) is 0 Å². The summed E-state index contributed by atoms with van der Waals surface area (Å²) in [5, 5.41) is -1.00. The van der Waals surface area contributed by atoms with E-state index in [4.69, 9.17) is 0 Å². The van der Waals surface area contributed by atoms with Gasteiger partial charge in [-0.25, -0.2) is 0 Å². The van der Waals surface area contributed by atoms with Crippen molar-refractivity contribution in [2.75, 3.05) is 0 Å². The van der Waals surface area contributed by atoms with Crippen molar-refractivity contribution in [3.63, 3.8) is 0 Å². The number of hydrogen-bond donors (Lipinski definition) is 0. The molecule has 0 fully saturated rings. The molecule has 4 nitrogen and oxygen atoms in total. The van der Waals surface area contributed by atoms with Crippen molar-refractivity contribution in [2.45, 2.75) is 24.7 Å². The van der Waals surface area contributed by atoms with Gasteiger partial charge in [0, 0.05) is 24.9 Å². The van der Waals surface area contributed by atoms with Gasteiger partial charge in [0.25, 0.3) is 0 Å². The van der Waals surface area contributed by atoms with Gasteiger partial charge in [-0.1, -0.05) is 72.8 Å². The molecule has 0 aliphatic rings. The largest absolute Gasteiger partial charge is 0.417 e. The van der Waals surface area contributed by atoms with Crippen LogP contribution in [-0.2, 0) is 38.8 Å². The first-order valence-electron chi connectivity index (χ1n) is 19.7. The van der Waals surface area contributed by atoms with E-state index in [9.17, 15) is 62.3 Å². The minimum atomic E-state index is -4.99. The number of pyridine rings is 2. The second-order valence-electron chi connectivity index (χ2n) is 15.7. The molecule has 0 N–H and O–H groups in total. The highest BCUT2D eigenvalue weighted by Gasteiger charge is 2.38. The molecule has 0 atom stereocenters. The second kappa shape index (κ2) is 15.1. The van der Waals surface area contributed by atoms with Crippen molar-refractivity contribution >= 4 is 43.6 Å². The maximum atomic E-state index is 14.9. The molecule has 2 heterocycles. The van der Waals surface area contributed by atoms with E-state index in [1.165, 1.54) is 71.8 Å². The molecule has 0 amide bonds. The SMILES string of the molecule is Cn1c2cc3c(=O)c4c(-c5ccccc5C(F)(F)F)cc(-c5ccccc5C(F)(F)F)cc4n(C)c3cc2c(=O)c2c(-c3ccccc3C(F)(F)F)cc(-c3ccccc3C(F)(F)F)cc21. The lowest BCUT2D eigenvalue weighted by Gasteiger charge is -2.21. The second-order valence-corrected chi connectivity index (χ2v) is 15.7. The Kier molecular flexibility index (Phi) is 10.0. The Bertz CT molecular complexity index is 3380. The third kappa shape index (κ3) is 7.15. The molecule has 9 rings (SSSR count). The molecule has 334 valence electrons. The number of benzene rings is 7. The highest BCUT2D eigenvalue weighted by molar-refractivity contribution is 6.10. The molecule has 0 spiro atoms. The average Bonchev–Trinajstić information content (AvgIpc) is 3.27. The van der Waals surface area contributed by atoms with E-state index in [-0.39, 0.29) is 65.9 Å². The van der Waals surface area contributed by atoms with Crippen LogP contribution in [0.4, 0.5) is 52.7 Å². The Balaban J connectivity index is 1.45. The highest BCUT2D eigenvalue weighted by Crippen LogP contribution is 2.46. The van der Waals surface area contributed by atoms with Crippen LogP contribution in [0.25, 0.3) is 88.1 Å². The zero-order valence-electron chi connectivity index (χ0n) is 33.9. The van der Waals surface area contributed by atoms with Gasteiger partial charge in [0.2, 0.25) is 0 Å². The Labute approximate surface area is 364 Å². The molecule has 0 saturated heterocycles. The molecule has 0 aliphatic heterocycles. The summed E-state index contributed by atoms with van der Waals surface area (Å²) in [6.45, 7) is 0. The van der Waals surface area contributed by atoms with Gasteiger partial charge in [0.05, 0.1) is 55.1 Å². The zero-order valence-corrected chi connectivity index (χ0v) is 33.9. The number of fused-ring (bicyclic) bond motifs is 4. The number of hydrogen-bond acceptors (Lipinski definition) is 2. The predicted octanol–water partition coefficient (Wildman–Crippen LogP) is 14.4. The third-order valence-corrected chi connectivity index (χ3v) is 11.9. The molecule has 0 bridgehead atoms. The van der Waals surface area contributed by atoms with Crippen LogP contribution >= 0.6 is 0 Å². The highest BCUT2D eigenvalue weighted by atomic mass is 19.4. The Morgan fingerprint density at radius 1 is 0.333 bits per heavy atom. The average molecular weight is 917 g/mol. The smallest absolute Gasteiger partial charge is 0.343 e. The molecule has 9 aromatic rings. The number of rotatable bonds is 4. The summed E-state index contributed by atoms with van der Waals surface area (Å²) in [6, 6.07) is 24.3. The van der Waals surface area contributed by atoms with E-state index in [2.05, 4.69) is 0 Å². The molecule has 0 aliphatic carbocycles. The van der Waals surface area contributed by atoms with E-state index < -0.39 is 80.1 Å². The Hall–Kier alpha value is -7.36. The fraction of sp³-hybridized carbons (Fsp3) is 0.120. The lowest BCUT2D eigenvalue weighted by atomic mass is 9.89. The first-order valence-corrected chi connectivity index (χ1v) is 19.7. The Morgan fingerprint density at radius 2 is 0.606 bits per heavy atom. The maximum Gasteiger partial charge on any atom is 0.417 e. The molecular formula is C50H28F12N2O2. The maximum absolute atomic E-state index is 14.9. The molecule has 0 unspecified atom stereocenters. The minimum absolute atomic E-state index is 0.0271. The van der Waals surface area contributed by atoms with Gasteiger partial charge in [-0.15, -0.1) is 0 Å². The van der Waals surface area contributed by atoms with Crippen LogP contribution in [0.15, 0.2) is 143 Å². The number of halogens is 12. The van der Waals surface area contributed by atoms with Crippen LogP contribution in [0.1, 0.15) is 22.3 Å². The lowest BCUT2D eigenvalue weighted by molar-refractivity contribution is -0.137. The van der Waals surface area contributed by atoms with Crippen molar-refractivity contribution in [3.8, 4) is 44.5 Å². The summed E-state index contributed by atoms with van der Waals surface area (Å²) >= 11 is 0. The quantitative estimate of drug-likeness (QED) is 0.130. The molecular weight excluding hydrogens is 889 g/mol. The van der Waals surface area contributed by atoms with Crippen molar-refractivity contribution in [3.05, 3.63) is 176 Å². The van der Waals surface area contributed by atoms with Crippen LogP contribution in [-0.4, -0.2) is 9.13 Å². The summed E-state index contributed by atoms with van der Waals surface area (Å²) in [7, 11) is 2.77. The monoisotopic (exact) mass is 916 g/mol. The first kappa shape index (κ1) is 43.9. The molecule has 0 radical (unpaired) electrons. The van der Waals surface area contributed by atoms with Crippen molar-refractivity contribution in [2.24, 2.45) is 14.1 Å². The van der Waals surface area contributed by atoms with E-state index in [0.29, 0.717) is 0 Å². The molecule has 2 aromatic heterocycles. The molecule has 66 heavy (non-hydrogen) atoms. The number of aryl methyl sites for hydroxylation is 2. The first-order chi connectivity index (χ1) is 31.0. The molecule has 0 saturated carbocycles. The fourth-order valence-corrected chi connectivity index (χ4v) is 8.91.